The Kier molecular flexibility index (Phi) is 4.43. The summed E-state index contributed by atoms with van der Waals surface area (Å²) in [5.41, 5.74) is 2.61. The number of hydrogen-bond acceptors (Lipinski definition) is 3. The first-order valence-electron chi connectivity index (χ1n) is 7.86. The molecule has 6 nitrogen and oxygen atoms in total. The van der Waals surface area contributed by atoms with Crippen LogP contribution in [0.5, 0.6) is 0 Å². The molecule has 2 N–H and O–H groups in total. The molecule has 2 aliphatic rings. The minimum absolute atomic E-state index is 0.144. The van der Waals surface area contributed by atoms with Crippen LogP contribution in [0, 0.1) is 0 Å². The molecule has 1 heterocycles. The Balaban J connectivity index is 1.47. The third kappa shape index (κ3) is 3.97. The van der Waals surface area contributed by atoms with E-state index in [1.165, 1.54) is 37.1 Å². The number of nitrogens with zero attached hydrogens (tertiary/aromatic N) is 2. The molecule has 0 spiro atoms. The number of nitrogens with one attached hydrogen (secondary N) is 2. The van der Waals surface area contributed by atoms with Crippen molar-refractivity contribution in [3.05, 3.63) is 17.5 Å². The van der Waals surface area contributed by atoms with Crippen molar-refractivity contribution in [2.24, 2.45) is 0 Å². The van der Waals surface area contributed by atoms with E-state index in [2.05, 4.69) is 21.4 Å². The summed E-state index contributed by atoms with van der Waals surface area (Å²) in [7, 11) is 1.62. The van der Waals surface area contributed by atoms with Crippen molar-refractivity contribution < 1.29 is 9.53 Å². The SMILES string of the molecule is COCCNC(=O)NCCn1nc(C2CC2)cc1C1CC1. The van der Waals surface area contributed by atoms with Crippen molar-refractivity contribution in [2.75, 3.05) is 26.8 Å². The Morgan fingerprint density at radius 1 is 1.29 bits per heavy atom. The van der Waals surface area contributed by atoms with Gasteiger partial charge in [0.15, 0.2) is 0 Å². The van der Waals surface area contributed by atoms with Crippen LogP contribution in [-0.2, 0) is 11.3 Å². The molecule has 3 rings (SSSR count). The lowest BCUT2D eigenvalue weighted by Gasteiger charge is -2.09. The fourth-order valence-electron chi connectivity index (χ4n) is 2.52. The maximum absolute atomic E-state index is 11.6. The highest BCUT2D eigenvalue weighted by Crippen LogP contribution is 2.44. The van der Waals surface area contributed by atoms with Gasteiger partial charge in [0.25, 0.3) is 0 Å². The van der Waals surface area contributed by atoms with Gasteiger partial charge in [-0.25, -0.2) is 4.79 Å². The van der Waals surface area contributed by atoms with Crippen LogP contribution in [0.1, 0.15) is 48.9 Å². The maximum atomic E-state index is 11.6. The van der Waals surface area contributed by atoms with Gasteiger partial charge in [0, 0.05) is 37.7 Å². The first kappa shape index (κ1) is 14.4. The number of methoxy groups -OCH3 is 1. The molecule has 1 aromatic heterocycles. The average Bonchev–Trinajstić information content (AvgIpc) is 3.38. The van der Waals surface area contributed by atoms with Gasteiger partial charge in [-0.05, 0) is 31.7 Å². The normalized spacial score (nSPS) is 17.8. The van der Waals surface area contributed by atoms with Crippen molar-refractivity contribution in [3.8, 4) is 0 Å². The fourth-order valence-corrected chi connectivity index (χ4v) is 2.52. The van der Waals surface area contributed by atoms with Crippen molar-refractivity contribution in [1.82, 2.24) is 20.4 Å². The molecule has 0 aromatic carbocycles. The van der Waals surface area contributed by atoms with E-state index >= 15 is 0 Å². The molecule has 0 atom stereocenters. The molecular weight excluding hydrogens is 268 g/mol. The molecule has 0 unspecified atom stereocenters. The lowest BCUT2D eigenvalue weighted by Crippen LogP contribution is -2.38. The van der Waals surface area contributed by atoms with E-state index in [0.29, 0.717) is 31.5 Å². The number of rotatable bonds is 8. The molecule has 116 valence electrons. The van der Waals surface area contributed by atoms with Crippen LogP contribution in [0.4, 0.5) is 4.79 Å². The minimum atomic E-state index is -0.144. The van der Waals surface area contributed by atoms with Crippen molar-refractivity contribution in [3.63, 3.8) is 0 Å². The molecule has 2 saturated carbocycles. The second-order valence-corrected chi connectivity index (χ2v) is 5.94. The molecule has 0 radical (unpaired) electrons. The molecule has 2 fully saturated rings. The average molecular weight is 292 g/mol. The second kappa shape index (κ2) is 6.47. The van der Waals surface area contributed by atoms with Gasteiger partial charge >= 0.3 is 6.03 Å². The number of hydrogen-bond donors (Lipinski definition) is 2. The van der Waals surface area contributed by atoms with E-state index in [9.17, 15) is 4.79 Å². The number of ether oxygens (including phenoxy) is 1. The summed E-state index contributed by atoms with van der Waals surface area (Å²) in [6, 6.07) is 2.14. The topological polar surface area (TPSA) is 68.2 Å². The Labute approximate surface area is 125 Å². The highest BCUT2D eigenvalue weighted by Gasteiger charge is 2.32. The van der Waals surface area contributed by atoms with Gasteiger partial charge in [0.1, 0.15) is 0 Å². The highest BCUT2D eigenvalue weighted by molar-refractivity contribution is 5.73. The first-order chi connectivity index (χ1) is 10.3. The predicted octanol–water partition coefficient (Wildman–Crippen LogP) is 1.58. The van der Waals surface area contributed by atoms with E-state index in [0.717, 1.165) is 6.54 Å². The highest BCUT2D eigenvalue weighted by atomic mass is 16.5. The summed E-state index contributed by atoms with van der Waals surface area (Å²) < 4.78 is 6.99. The van der Waals surface area contributed by atoms with Gasteiger partial charge < -0.3 is 15.4 Å². The number of aromatic nitrogens is 2. The summed E-state index contributed by atoms with van der Waals surface area (Å²) in [4.78, 5) is 11.6. The number of amides is 2. The lowest BCUT2D eigenvalue weighted by molar-refractivity contribution is 0.196. The summed E-state index contributed by atoms with van der Waals surface area (Å²) in [6.07, 6.45) is 5.12. The molecule has 2 amide bonds. The third-order valence-electron chi connectivity index (χ3n) is 4.02. The first-order valence-corrected chi connectivity index (χ1v) is 7.86. The van der Waals surface area contributed by atoms with E-state index in [1.807, 2.05) is 0 Å². The summed E-state index contributed by atoms with van der Waals surface area (Å²) in [5.74, 6) is 1.38. The largest absolute Gasteiger partial charge is 0.383 e. The van der Waals surface area contributed by atoms with Gasteiger partial charge in [0.05, 0.1) is 18.8 Å². The van der Waals surface area contributed by atoms with Crippen LogP contribution >= 0.6 is 0 Å². The molecule has 0 saturated heterocycles. The molecule has 21 heavy (non-hydrogen) atoms. The van der Waals surface area contributed by atoms with Gasteiger partial charge in [-0.2, -0.15) is 5.10 Å². The minimum Gasteiger partial charge on any atom is -0.383 e. The van der Waals surface area contributed by atoms with Crippen LogP contribution < -0.4 is 10.6 Å². The van der Waals surface area contributed by atoms with Gasteiger partial charge in [-0.15, -0.1) is 0 Å². The van der Waals surface area contributed by atoms with Crippen LogP contribution in [0.15, 0.2) is 6.07 Å². The van der Waals surface area contributed by atoms with Crippen LogP contribution in [0.3, 0.4) is 0 Å². The van der Waals surface area contributed by atoms with Crippen molar-refractivity contribution >= 4 is 6.03 Å². The Morgan fingerprint density at radius 2 is 2.00 bits per heavy atom. The quantitative estimate of drug-likeness (QED) is 0.715. The molecule has 0 aliphatic heterocycles. The second-order valence-electron chi connectivity index (χ2n) is 5.94. The Morgan fingerprint density at radius 3 is 2.67 bits per heavy atom. The van der Waals surface area contributed by atoms with Crippen molar-refractivity contribution in [1.29, 1.82) is 0 Å². The van der Waals surface area contributed by atoms with Gasteiger partial charge in [0.2, 0.25) is 0 Å². The smallest absolute Gasteiger partial charge is 0.314 e. The Hall–Kier alpha value is -1.56. The third-order valence-corrected chi connectivity index (χ3v) is 4.02. The summed E-state index contributed by atoms with van der Waals surface area (Å²) >= 11 is 0. The van der Waals surface area contributed by atoms with Gasteiger partial charge in [-0.3, -0.25) is 4.68 Å². The molecule has 6 heteroatoms. The van der Waals surface area contributed by atoms with E-state index in [4.69, 9.17) is 9.84 Å². The summed E-state index contributed by atoms with van der Waals surface area (Å²) in [5, 5.41) is 10.3. The standard InChI is InChI=1S/C15H24N4O2/c1-21-9-7-17-15(20)16-6-8-19-14(12-4-5-12)10-13(18-19)11-2-3-11/h10-12H,2-9H2,1H3,(H2,16,17,20). The number of carbonyl (C=O) groups excluding carboxylic acids is 1. The zero-order valence-electron chi connectivity index (χ0n) is 12.6. The van der Waals surface area contributed by atoms with Crippen molar-refractivity contribution in [2.45, 2.75) is 44.1 Å². The number of carbonyl (C=O) groups is 1. The van der Waals surface area contributed by atoms with Crippen LogP contribution in [-0.4, -0.2) is 42.6 Å². The van der Waals surface area contributed by atoms with Crippen LogP contribution in [0.25, 0.3) is 0 Å². The van der Waals surface area contributed by atoms with Crippen LogP contribution in [0.2, 0.25) is 0 Å². The predicted molar refractivity (Wildman–Crippen MR) is 79.5 cm³/mol. The number of urea groups is 1. The summed E-state index contributed by atoms with van der Waals surface area (Å²) in [6.45, 7) is 2.41. The monoisotopic (exact) mass is 292 g/mol. The van der Waals surface area contributed by atoms with E-state index < -0.39 is 0 Å². The van der Waals surface area contributed by atoms with E-state index in [1.54, 1.807) is 7.11 Å². The van der Waals surface area contributed by atoms with Gasteiger partial charge in [-0.1, -0.05) is 0 Å². The molecule has 1 aromatic rings. The maximum Gasteiger partial charge on any atom is 0.314 e. The molecule has 0 bridgehead atoms. The van der Waals surface area contributed by atoms with E-state index in [-0.39, 0.29) is 6.03 Å². The molecule has 2 aliphatic carbocycles. The fraction of sp³-hybridized carbons (Fsp3) is 0.733. The molecular formula is C15H24N4O2. The zero-order valence-corrected chi connectivity index (χ0v) is 12.6. The zero-order chi connectivity index (χ0) is 14.7. The Bertz CT molecular complexity index is 492. The lowest BCUT2D eigenvalue weighted by atomic mass is 10.2.